The lowest BCUT2D eigenvalue weighted by Gasteiger charge is -2.42. The largest absolute Gasteiger partial charge is 0.381 e. The molecule has 0 aromatic rings. The van der Waals surface area contributed by atoms with Gasteiger partial charge in [-0.3, -0.25) is 0 Å². The zero-order valence-electron chi connectivity index (χ0n) is 10.1. The van der Waals surface area contributed by atoms with Crippen molar-refractivity contribution >= 4 is 0 Å². The Hall–Kier alpha value is -0.380. The summed E-state index contributed by atoms with van der Waals surface area (Å²) in [5.74, 6) is 0. The van der Waals surface area contributed by atoms with Crippen molar-refractivity contribution in [3.63, 3.8) is 0 Å². The fourth-order valence-corrected chi connectivity index (χ4v) is 2.31. The smallest absolute Gasteiger partial charge is 0.0877 e. The van der Waals surface area contributed by atoms with E-state index in [1.54, 1.807) is 7.11 Å². The van der Waals surface area contributed by atoms with E-state index in [9.17, 15) is 0 Å². The maximum absolute atomic E-state index is 5.75. The lowest BCUT2D eigenvalue weighted by molar-refractivity contribution is -0.109. The van der Waals surface area contributed by atoms with Crippen LogP contribution in [-0.2, 0) is 9.47 Å². The van der Waals surface area contributed by atoms with Crippen molar-refractivity contribution in [1.29, 1.82) is 0 Å². The van der Waals surface area contributed by atoms with Crippen LogP contribution in [-0.4, -0.2) is 39.0 Å². The van der Waals surface area contributed by atoms with Crippen molar-refractivity contribution in [2.45, 2.75) is 37.8 Å². The highest BCUT2D eigenvalue weighted by Gasteiger charge is 2.39. The van der Waals surface area contributed by atoms with Gasteiger partial charge in [-0.05, 0) is 20.4 Å². The first-order valence-electron chi connectivity index (χ1n) is 5.59. The normalized spacial score (nSPS) is 22.3. The molecule has 88 valence electrons. The van der Waals surface area contributed by atoms with Crippen LogP contribution < -0.4 is 5.32 Å². The standard InChI is InChI=1S/C12H23NO2/c1-10(2)9-11(13-3)12(14-4)5-7-15-8-6-12/h11,13H,1,5-9H2,2-4H3. The molecule has 0 aromatic carbocycles. The van der Waals surface area contributed by atoms with Crippen molar-refractivity contribution in [1.82, 2.24) is 5.32 Å². The van der Waals surface area contributed by atoms with E-state index in [0.717, 1.165) is 32.5 Å². The minimum absolute atomic E-state index is 0.0774. The van der Waals surface area contributed by atoms with Gasteiger partial charge in [0.05, 0.1) is 5.60 Å². The summed E-state index contributed by atoms with van der Waals surface area (Å²) in [6.07, 6.45) is 2.88. The summed E-state index contributed by atoms with van der Waals surface area (Å²) in [7, 11) is 3.79. The van der Waals surface area contributed by atoms with Crippen LogP contribution in [0.1, 0.15) is 26.2 Å². The molecule has 1 fully saturated rings. The molecule has 1 saturated heterocycles. The molecule has 3 heteroatoms. The van der Waals surface area contributed by atoms with Crippen molar-refractivity contribution < 1.29 is 9.47 Å². The molecule has 0 bridgehead atoms. The van der Waals surface area contributed by atoms with Crippen LogP contribution in [0.15, 0.2) is 12.2 Å². The van der Waals surface area contributed by atoms with E-state index in [4.69, 9.17) is 9.47 Å². The maximum Gasteiger partial charge on any atom is 0.0877 e. The fraction of sp³-hybridized carbons (Fsp3) is 0.833. The van der Waals surface area contributed by atoms with E-state index in [2.05, 4.69) is 18.8 Å². The number of rotatable bonds is 5. The molecule has 1 aliphatic heterocycles. The average Bonchev–Trinajstić information content (AvgIpc) is 2.26. The van der Waals surface area contributed by atoms with Crippen molar-refractivity contribution in [2.75, 3.05) is 27.4 Å². The number of hydrogen-bond donors (Lipinski definition) is 1. The molecule has 1 atom stereocenters. The minimum atomic E-state index is -0.0774. The molecular weight excluding hydrogens is 190 g/mol. The van der Waals surface area contributed by atoms with E-state index in [-0.39, 0.29) is 5.60 Å². The van der Waals surface area contributed by atoms with Crippen LogP contribution in [0, 0.1) is 0 Å². The molecule has 0 aromatic heterocycles. The molecule has 0 saturated carbocycles. The number of hydrogen-bond acceptors (Lipinski definition) is 3. The second-order valence-electron chi connectivity index (χ2n) is 4.38. The molecular formula is C12H23NO2. The topological polar surface area (TPSA) is 30.5 Å². The van der Waals surface area contributed by atoms with Crippen molar-refractivity contribution in [3.8, 4) is 0 Å². The van der Waals surface area contributed by atoms with Gasteiger partial charge in [0.25, 0.3) is 0 Å². The third kappa shape index (κ3) is 3.03. The van der Waals surface area contributed by atoms with Gasteiger partial charge in [-0.15, -0.1) is 6.58 Å². The van der Waals surface area contributed by atoms with E-state index >= 15 is 0 Å². The lowest BCUT2D eigenvalue weighted by atomic mass is 9.83. The summed E-state index contributed by atoms with van der Waals surface area (Å²) in [4.78, 5) is 0. The Labute approximate surface area is 92.8 Å². The number of nitrogens with one attached hydrogen (secondary N) is 1. The van der Waals surface area contributed by atoms with Crippen LogP contribution >= 0.6 is 0 Å². The minimum Gasteiger partial charge on any atom is -0.381 e. The van der Waals surface area contributed by atoms with E-state index in [0.29, 0.717) is 6.04 Å². The Balaban J connectivity index is 2.71. The predicted octanol–water partition coefficient (Wildman–Crippen LogP) is 1.74. The third-order valence-electron chi connectivity index (χ3n) is 3.28. The summed E-state index contributed by atoms with van der Waals surface area (Å²) in [6, 6.07) is 0.337. The van der Waals surface area contributed by atoms with Crippen LogP contribution in [0.3, 0.4) is 0 Å². The van der Waals surface area contributed by atoms with Crippen molar-refractivity contribution in [3.05, 3.63) is 12.2 Å². The van der Waals surface area contributed by atoms with E-state index in [1.165, 1.54) is 5.57 Å². The van der Waals surface area contributed by atoms with Crippen LogP contribution in [0.5, 0.6) is 0 Å². The average molecular weight is 213 g/mol. The lowest BCUT2D eigenvalue weighted by Crippen LogP contribution is -2.54. The van der Waals surface area contributed by atoms with Gasteiger partial charge in [-0.2, -0.15) is 0 Å². The molecule has 1 aliphatic rings. The quantitative estimate of drug-likeness (QED) is 0.706. The molecule has 0 spiro atoms. The van der Waals surface area contributed by atoms with Gasteiger partial charge < -0.3 is 14.8 Å². The SMILES string of the molecule is C=C(C)CC(NC)C1(OC)CCOCC1. The van der Waals surface area contributed by atoms with Crippen LogP contribution in [0.4, 0.5) is 0 Å². The maximum atomic E-state index is 5.75. The van der Waals surface area contributed by atoms with Gasteiger partial charge in [-0.25, -0.2) is 0 Å². The van der Waals surface area contributed by atoms with E-state index < -0.39 is 0 Å². The third-order valence-corrected chi connectivity index (χ3v) is 3.28. The Kier molecular flexibility index (Phi) is 4.77. The first-order chi connectivity index (χ1) is 7.14. The number of methoxy groups -OCH3 is 1. The van der Waals surface area contributed by atoms with Crippen LogP contribution in [0.25, 0.3) is 0 Å². The predicted molar refractivity (Wildman–Crippen MR) is 62.1 cm³/mol. The molecule has 15 heavy (non-hydrogen) atoms. The molecule has 3 nitrogen and oxygen atoms in total. The Bertz CT molecular complexity index is 210. The zero-order valence-corrected chi connectivity index (χ0v) is 10.1. The highest BCUT2D eigenvalue weighted by molar-refractivity contribution is 5.02. The van der Waals surface area contributed by atoms with E-state index in [1.807, 2.05) is 7.05 Å². The van der Waals surface area contributed by atoms with Gasteiger partial charge in [0.2, 0.25) is 0 Å². The second kappa shape index (κ2) is 5.64. The monoisotopic (exact) mass is 213 g/mol. The second-order valence-corrected chi connectivity index (χ2v) is 4.38. The first-order valence-corrected chi connectivity index (χ1v) is 5.59. The summed E-state index contributed by atoms with van der Waals surface area (Å²) >= 11 is 0. The van der Waals surface area contributed by atoms with Gasteiger partial charge >= 0.3 is 0 Å². The summed E-state index contributed by atoms with van der Waals surface area (Å²) in [5, 5.41) is 3.35. The Morgan fingerprint density at radius 1 is 1.53 bits per heavy atom. The highest BCUT2D eigenvalue weighted by atomic mass is 16.5. The molecule has 1 heterocycles. The van der Waals surface area contributed by atoms with Crippen LogP contribution in [0.2, 0.25) is 0 Å². The Morgan fingerprint density at radius 2 is 2.13 bits per heavy atom. The van der Waals surface area contributed by atoms with Crippen molar-refractivity contribution in [2.24, 2.45) is 0 Å². The Morgan fingerprint density at radius 3 is 2.53 bits per heavy atom. The summed E-state index contributed by atoms with van der Waals surface area (Å²) in [6.45, 7) is 7.63. The molecule has 0 amide bonds. The summed E-state index contributed by atoms with van der Waals surface area (Å²) < 4.78 is 11.1. The number of ether oxygens (including phenoxy) is 2. The first kappa shape index (κ1) is 12.7. The molecule has 0 radical (unpaired) electrons. The molecule has 1 N–H and O–H groups in total. The zero-order chi connectivity index (χ0) is 11.3. The van der Waals surface area contributed by atoms with Gasteiger partial charge in [0.15, 0.2) is 0 Å². The van der Waals surface area contributed by atoms with Gasteiger partial charge in [0.1, 0.15) is 0 Å². The fourth-order valence-electron chi connectivity index (χ4n) is 2.31. The summed E-state index contributed by atoms with van der Waals surface area (Å²) in [5.41, 5.74) is 1.11. The molecule has 1 unspecified atom stereocenters. The van der Waals surface area contributed by atoms with Gasteiger partial charge in [-0.1, -0.05) is 5.57 Å². The number of likely N-dealkylation sites (N-methyl/N-ethyl adjacent to an activating group) is 1. The molecule has 1 rings (SSSR count). The highest BCUT2D eigenvalue weighted by Crippen LogP contribution is 2.30. The molecule has 0 aliphatic carbocycles. The van der Waals surface area contributed by atoms with Gasteiger partial charge in [0, 0.05) is 39.2 Å².